The summed E-state index contributed by atoms with van der Waals surface area (Å²) in [5.41, 5.74) is 0.795. The highest BCUT2D eigenvalue weighted by molar-refractivity contribution is 9.10. The molecule has 1 heterocycles. The molecule has 0 unspecified atom stereocenters. The fourth-order valence-corrected chi connectivity index (χ4v) is 3.38. The number of hydrogen-bond donors (Lipinski definition) is 1. The van der Waals surface area contributed by atoms with Gasteiger partial charge in [-0.3, -0.25) is 19.3 Å². The molecule has 3 amide bonds. The van der Waals surface area contributed by atoms with Gasteiger partial charge in [0.25, 0.3) is 11.8 Å². The molecule has 3 rings (SSSR count). The molecule has 30 heavy (non-hydrogen) atoms. The van der Waals surface area contributed by atoms with Crippen molar-refractivity contribution in [2.45, 2.75) is 25.7 Å². The van der Waals surface area contributed by atoms with Crippen LogP contribution in [-0.4, -0.2) is 35.5 Å². The zero-order valence-electron chi connectivity index (χ0n) is 15.5. The minimum Gasteiger partial charge on any atom is -0.405 e. The van der Waals surface area contributed by atoms with E-state index >= 15 is 0 Å². The first-order valence-electron chi connectivity index (χ1n) is 8.92. The van der Waals surface area contributed by atoms with Crippen LogP contribution in [0.15, 0.2) is 46.9 Å². The van der Waals surface area contributed by atoms with Gasteiger partial charge in [0.1, 0.15) is 5.75 Å². The van der Waals surface area contributed by atoms with Crippen LogP contribution in [-0.2, 0) is 11.3 Å². The molecule has 6 nitrogen and oxygen atoms in total. The van der Waals surface area contributed by atoms with E-state index in [0.717, 1.165) is 11.0 Å². The summed E-state index contributed by atoms with van der Waals surface area (Å²) in [6, 6.07) is 10.3. The second-order valence-corrected chi connectivity index (χ2v) is 7.40. The van der Waals surface area contributed by atoms with Crippen LogP contribution in [0.3, 0.4) is 0 Å². The van der Waals surface area contributed by atoms with Gasteiger partial charge in [-0.1, -0.05) is 34.1 Å². The number of imide groups is 1. The van der Waals surface area contributed by atoms with Crippen LogP contribution in [0.1, 0.15) is 39.1 Å². The number of carbonyl (C=O) groups is 3. The van der Waals surface area contributed by atoms with Crippen LogP contribution in [0, 0.1) is 0 Å². The highest BCUT2D eigenvalue weighted by Crippen LogP contribution is 2.27. The van der Waals surface area contributed by atoms with Crippen molar-refractivity contribution in [2.75, 3.05) is 6.54 Å². The zero-order valence-corrected chi connectivity index (χ0v) is 17.0. The first-order chi connectivity index (χ1) is 14.2. The number of carbonyl (C=O) groups excluding carboxylic acids is 3. The third-order valence-corrected chi connectivity index (χ3v) is 4.89. The third kappa shape index (κ3) is 5.18. The van der Waals surface area contributed by atoms with E-state index in [1.54, 1.807) is 18.2 Å². The minimum atomic E-state index is -4.83. The number of alkyl halides is 3. The van der Waals surface area contributed by atoms with E-state index in [0.29, 0.717) is 15.6 Å². The van der Waals surface area contributed by atoms with E-state index in [1.165, 1.54) is 18.2 Å². The summed E-state index contributed by atoms with van der Waals surface area (Å²) in [6.07, 6.45) is -4.61. The molecule has 0 aromatic heterocycles. The summed E-state index contributed by atoms with van der Waals surface area (Å²) in [6.45, 7) is -0.0860. The molecule has 0 aliphatic carbocycles. The van der Waals surface area contributed by atoms with Gasteiger partial charge in [-0.15, -0.1) is 13.2 Å². The lowest BCUT2D eigenvalue weighted by Gasteiger charge is -2.15. The number of fused-ring (bicyclic) bond motifs is 1. The van der Waals surface area contributed by atoms with Crippen molar-refractivity contribution in [3.05, 3.63) is 63.6 Å². The van der Waals surface area contributed by atoms with Gasteiger partial charge >= 0.3 is 6.36 Å². The molecule has 1 aliphatic heterocycles. The van der Waals surface area contributed by atoms with Crippen LogP contribution in [0.5, 0.6) is 5.75 Å². The summed E-state index contributed by atoms with van der Waals surface area (Å²) in [4.78, 5) is 37.8. The van der Waals surface area contributed by atoms with Gasteiger partial charge in [0, 0.05) is 29.5 Å². The van der Waals surface area contributed by atoms with Gasteiger partial charge in [0.05, 0.1) is 11.1 Å². The lowest BCUT2D eigenvalue weighted by Crippen LogP contribution is -2.32. The first kappa shape index (κ1) is 21.8. The van der Waals surface area contributed by atoms with Crippen molar-refractivity contribution in [3.8, 4) is 5.75 Å². The standard InChI is InChI=1S/C20H16BrF3N2O4/c21-13-7-8-14-15(10-13)19(29)26(18(14)28)9-3-6-17(27)25-11-12-4-1-2-5-16(12)30-20(22,23)24/h1-2,4-5,7-8,10H,3,6,9,11H2,(H,25,27). The lowest BCUT2D eigenvalue weighted by molar-refractivity contribution is -0.274. The van der Waals surface area contributed by atoms with Crippen LogP contribution < -0.4 is 10.1 Å². The second-order valence-electron chi connectivity index (χ2n) is 6.49. The second kappa shape index (κ2) is 8.86. The third-order valence-electron chi connectivity index (χ3n) is 4.39. The molecule has 2 aromatic carbocycles. The number of halogens is 4. The molecule has 0 radical (unpaired) electrons. The molecule has 0 spiro atoms. The average Bonchev–Trinajstić information content (AvgIpc) is 2.90. The molecular weight excluding hydrogens is 469 g/mol. The molecule has 1 N–H and O–H groups in total. The van der Waals surface area contributed by atoms with Crippen molar-refractivity contribution in [3.63, 3.8) is 0 Å². The SMILES string of the molecule is O=C(CCCN1C(=O)c2ccc(Br)cc2C1=O)NCc1ccccc1OC(F)(F)F. The predicted octanol–water partition coefficient (Wildman–Crippen LogP) is 4.04. The number of benzene rings is 2. The van der Waals surface area contributed by atoms with E-state index in [-0.39, 0.29) is 37.2 Å². The molecule has 0 bridgehead atoms. The van der Waals surface area contributed by atoms with Crippen molar-refractivity contribution in [1.29, 1.82) is 0 Å². The summed E-state index contributed by atoms with van der Waals surface area (Å²) in [5, 5.41) is 2.52. The normalized spacial score (nSPS) is 13.4. The Labute approximate surface area is 178 Å². The number of nitrogens with one attached hydrogen (secondary N) is 1. The average molecular weight is 485 g/mol. The lowest BCUT2D eigenvalue weighted by atomic mass is 10.1. The van der Waals surface area contributed by atoms with E-state index in [9.17, 15) is 27.6 Å². The largest absolute Gasteiger partial charge is 0.573 e. The fraction of sp³-hybridized carbons (Fsp3) is 0.250. The van der Waals surface area contributed by atoms with Gasteiger partial charge in [-0.2, -0.15) is 0 Å². The molecular formula is C20H16BrF3N2O4. The Hall–Kier alpha value is -2.88. The number of hydrogen-bond acceptors (Lipinski definition) is 4. The van der Waals surface area contributed by atoms with Crippen molar-refractivity contribution < 1.29 is 32.3 Å². The fourth-order valence-electron chi connectivity index (χ4n) is 3.02. The van der Waals surface area contributed by atoms with Gasteiger partial charge in [-0.25, -0.2) is 0 Å². The molecule has 0 fully saturated rings. The smallest absolute Gasteiger partial charge is 0.405 e. The summed E-state index contributed by atoms with van der Waals surface area (Å²) >= 11 is 3.26. The van der Waals surface area contributed by atoms with E-state index < -0.39 is 24.1 Å². The van der Waals surface area contributed by atoms with Crippen LogP contribution in [0.25, 0.3) is 0 Å². The topological polar surface area (TPSA) is 75.7 Å². The Morgan fingerprint density at radius 2 is 1.77 bits per heavy atom. The number of rotatable bonds is 7. The Balaban J connectivity index is 1.50. The number of ether oxygens (including phenoxy) is 1. The van der Waals surface area contributed by atoms with E-state index in [2.05, 4.69) is 26.0 Å². The Kier molecular flexibility index (Phi) is 6.45. The quantitative estimate of drug-likeness (QED) is 0.601. The maximum absolute atomic E-state index is 12.4. The highest BCUT2D eigenvalue weighted by Gasteiger charge is 2.35. The van der Waals surface area contributed by atoms with E-state index in [1.807, 2.05) is 0 Å². The molecule has 0 atom stereocenters. The first-order valence-corrected chi connectivity index (χ1v) is 9.71. The molecule has 2 aromatic rings. The number of amides is 3. The maximum Gasteiger partial charge on any atom is 0.573 e. The predicted molar refractivity (Wildman–Crippen MR) is 104 cm³/mol. The number of para-hydroxylation sites is 1. The molecule has 1 aliphatic rings. The monoisotopic (exact) mass is 484 g/mol. The summed E-state index contributed by atoms with van der Waals surface area (Å²) < 4.78 is 42.0. The molecule has 0 saturated carbocycles. The maximum atomic E-state index is 12.4. The number of nitrogens with zero attached hydrogens (tertiary/aromatic N) is 1. The molecule has 0 saturated heterocycles. The summed E-state index contributed by atoms with van der Waals surface area (Å²) in [7, 11) is 0. The van der Waals surface area contributed by atoms with E-state index in [4.69, 9.17) is 0 Å². The van der Waals surface area contributed by atoms with Gasteiger partial charge in [0.2, 0.25) is 5.91 Å². The van der Waals surface area contributed by atoms with Crippen molar-refractivity contribution in [1.82, 2.24) is 10.2 Å². The molecule has 10 heteroatoms. The van der Waals surface area contributed by atoms with Crippen molar-refractivity contribution >= 4 is 33.7 Å². The van der Waals surface area contributed by atoms with Crippen LogP contribution >= 0.6 is 15.9 Å². The minimum absolute atomic E-state index is 0.000601. The van der Waals surface area contributed by atoms with Gasteiger partial charge in [0.15, 0.2) is 0 Å². The summed E-state index contributed by atoms with van der Waals surface area (Å²) in [5.74, 6) is -1.64. The van der Waals surface area contributed by atoms with Gasteiger partial charge < -0.3 is 10.1 Å². The Morgan fingerprint density at radius 1 is 1.07 bits per heavy atom. The Morgan fingerprint density at radius 3 is 2.50 bits per heavy atom. The molecule has 158 valence electrons. The van der Waals surface area contributed by atoms with Crippen molar-refractivity contribution in [2.24, 2.45) is 0 Å². The van der Waals surface area contributed by atoms with Gasteiger partial charge in [-0.05, 0) is 30.7 Å². The van der Waals surface area contributed by atoms with Crippen LogP contribution in [0.2, 0.25) is 0 Å². The highest BCUT2D eigenvalue weighted by atomic mass is 79.9. The zero-order chi connectivity index (χ0) is 21.9. The van der Waals surface area contributed by atoms with Crippen LogP contribution in [0.4, 0.5) is 13.2 Å². The Bertz CT molecular complexity index is 994.